The summed E-state index contributed by atoms with van der Waals surface area (Å²) in [5.41, 5.74) is 2.48. The van der Waals surface area contributed by atoms with E-state index >= 15 is 0 Å². The van der Waals surface area contributed by atoms with Crippen LogP contribution in [-0.2, 0) is 21.4 Å². The normalized spacial score (nSPS) is 13.7. The second kappa shape index (κ2) is 7.45. The molecule has 0 bridgehead atoms. The Labute approximate surface area is 173 Å². The van der Waals surface area contributed by atoms with E-state index in [4.69, 9.17) is 9.26 Å². The third-order valence-corrected chi connectivity index (χ3v) is 6.12. The van der Waals surface area contributed by atoms with Crippen LogP contribution in [0.5, 0.6) is 5.75 Å². The van der Waals surface area contributed by atoms with Crippen LogP contribution in [0, 0.1) is 20.8 Å². The van der Waals surface area contributed by atoms with Gasteiger partial charge in [-0.25, -0.2) is 8.42 Å². The molecule has 1 N–H and O–H groups in total. The SMILES string of the molecule is Cc1nc(CN2C(=O)COc3ccc(S(=O)(=O)Nc4c(C)cccc4C)cc32)no1. The number of para-hydroxylation sites is 1. The highest BCUT2D eigenvalue weighted by Gasteiger charge is 2.29. The van der Waals surface area contributed by atoms with E-state index in [1.807, 2.05) is 32.0 Å². The smallest absolute Gasteiger partial charge is 0.265 e. The zero-order chi connectivity index (χ0) is 21.5. The third kappa shape index (κ3) is 3.73. The van der Waals surface area contributed by atoms with E-state index in [1.165, 1.54) is 23.1 Å². The first kappa shape index (κ1) is 19.9. The van der Waals surface area contributed by atoms with Crippen molar-refractivity contribution < 1.29 is 22.5 Å². The van der Waals surface area contributed by atoms with Crippen molar-refractivity contribution in [3.63, 3.8) is 0 Å². The summed E-state index contributed by atoms with van der Waals surface area (Å²) < 4.78 is 39.2. The molecule has 1 aliphatic rings. The average molecular weight is 428 g/mol. The minimum atomic E-state index is -3.89. The molecule has 10 heteroatoms. The van der Waals surface area contributed by atoms with Gasteiger partial charge in [0.1, 0.15) is 5.75 Å². The van der Waals surface area contributed by atoms with E-state index in [0.29, 0.717) is 28.8 Å². The lowest BCUT2D eigenvalue weighted by molar-refractivity contribution is -0.121. The molecule has 30 heavy (non-hydrogen) atoms. The molecule has 156 valence electrons. The molecule has 2 heterocycles. The Hall–Kier alpha value is -3.40. The Kier molecular flexibility index (Phi) is 4.94. The first-order chi connectivity index (χ1) is 14.2. The van der Waals surface area contributed by atoms with Crippen molar-refractivity contribution in [2.24, 2.45) is 0 Å². The van der Waals surface area contributed by atoms with E-state index in [-0.39, 0.29) is 24.0 Å². The predicted octanol–water partition coefficient (Wildman–Crippen LogP) is 2.72. The summed E-state index contributed by atoms with van der Waals surface area (Å²) in [6, 6.07) is 9.92. The van der Waals surface area contributed by atoms with Crippen LogP contribution in [0.3, 0.4) is 0 Å². The number of hydrogen-bond donors (Lipinski definition) is 1. The summed E-state index contributed by atoms with van der Waals surface area (Å²) in [6.45, 7) is 5.20. The summed E-state index contributed by atoms with van der Waals surface area (Å²) >= 11 is 0. The number of carbonyl (C=O) groups excluding carboxylic acids is 1. The summed E-state index contributed by atoms with van der Waals surface area (Å²) in [5, 5.41) is 3.81. The maximum atomic E-state index is 13.0. The van der Waals surface area contributed by atoms with Gasteiger partial charge < -0.3 is 9.26 Å². The largest absolute Gasteiger partial charge is 0.482 e. The number of benzene rings is 2. The maximum Gasteiger partial charge on any atom is 0.265 e. The number of ether oxygens (including phenoxy) is 1. The molecule has 0 fully saturated rings. The minimum Gasteiger partial charge on any atom is -0.482 e. The van der Waals surface area contributed by atoms with Crippen molar-refractivity contribution >= 4 is 27.3 Å². The second-order valence-corrected chi connectivity index (χ2v) is 8.68. The topological polar surface area (TPSA) is 115 Å². The Morgan fingerprint density at radius 2 is 1.87 bits per heavy atom. The molecule has 0 spiro atoms. The number of nitrogens with one attached hydrogen (secondary N) is 1. The van der Waals surface area contributed by atoms with E-state index in [9.17, 15) is 13.2 Å². The zero-order valence-corrected chi connectivity index (χ0v) is 17.5. The van der Waals surface area contributed by atoms with Crippen LogP contribution in [0.4, 0.5) is 11.4 Å². The number of amides is 1. The van der Waals surface area contributed by atoms with Crippen molar-refractivity contribution in [3.8, 4) is 5.75 Å². The predicted molar refractivity (Wildman–Crippen MR) is 109 cm³/mol. The lowest BCUT2D eigenvalue weighted by Crippen LogP contribution is -2.38. The number of hydrogen-bond acceptors (Lipinski definition) is 7. The number of aryl methyl sites for hydroxylation is 3. The lowest BCUT2D eigenvalue weighted by Gasteiger charge is -2.28. The minimum absolute atomic E-state index is 0.0106. The zero-order valence-electron chi connectivity index (χ0n) is 16.7. The Morgan fingerprint density at radius 1 is 1.13 bits per heavy atom. The molecule has 0 saturated carbocycles. The van der Waals surface area contributed by atoms with Crippen molar-refractivity contribution in [2.75, 3.05) is 16.2 Å². The maximum absolute atomic E-state index is 13.0. The third-order valence-electron chi connectivity index (χ3n) is 4.77. The number of rotatable bonds is 5. The van der Waals surface area contributed by atoms with Crippen LogP contribution < -0.4 is 14.4 Å². The number of fused-ring (bicyclic) bond motifs is 1. The highest BCUT2D eigenvalue weighted by atomic mass is 32.2. The van der Waals surface area contributed by atoms with Crippen molar-refractivity contribution in [1.82, 2.24) is 10.1 Å². The molecule has 1 aromatic heterocycles. The van der Waals surface area contributed by atoms with Crippen LogP contribution in [0.2, 0.25) is 0 Å². The van der Waals surface area contributed by atoms with Gasteiger partial charge in [-0.1, -0.05) is 23.4 Å². The molecule has 3 aromatic rings. The van der Waals surface area contributed by atoms with Gasteiger partial charge in [0, 0.05) is 6.92 Å². The number of sulfonamides is 1. The van der Waals surface area contributed by atoms with Gasteiger partial charge in [-0.2, -0.15) is 4.98 Å². The fourth-order valence-electron chi connectivity index (χ4n) is 3.24. The number of anilines is 2. The molecular formula is C20H20N4O5S. The second-order valence-electron chi connectivity index (χ2n) is 7.00. The Bertz CT molecular complexity index is 1220. The summed E-state index contributed by atoms with van der Waals surface area (Å²) in [4.78, 5) is 18.0. The Morgan fingerprint density at radius 3 is 2.53 bits per heavy atom. The van der Waals surface area contributed by atoms with Gasteiger partial charge in [-0.3, -0.25) is 14.4 Å². The van der Waals surface area contributed by atoms with Crippen LogP contribution in [-0.4, -0.2) is 31.1 Å². The van der Waals surface area contributed by atoms with Gasteiger partial charge in [-0.05, 0) is 43.2 Å². The van der Waals surface area contributed by atoms with Gasteiger partial charge in [-0.15, -0.1) is 0 Å². The lowest BCUT2D eigenvalue weighted by atomic mass is 10.1. The highest BCUT2D eigenvalue weighted by molar-refractivity contribution is 7.92. The molecule has 2 aromatic carbocycles. The van der Waals surface area contributed by atoms with Gasteiger partial charge in [0.05, 0.1) is 22.8 Å². The van der Waals surface area contributed by atoms with Crippen LogP contribution in [0.25, 0.3) is 0 Å². The average Bonchev–Trinajstić information content (AvgIpc) is 3.11. The quantitative estimate of drug-likeness (QED) is 0.664. The molecule has 0 aliphatic carbocycles. The summed E-state index contributed by atoms with van der Waals surface area (Å²) in [7, 11) is -3.89. The van der Waals surface area contributed by atoms with Gasteiger partial charge >= 0.3 is 0 Å². The fraction of sp³-hybridized carbons (Fsp3) is 0.250. The van der Waals surface area contributed by atoms with Crippen LogP contribution in [0.1, 0.15) is 22.8 Å². The van der Waals surface area contributed by atoms with Gasteiger partial charge in [0.25, 0.3) is 15.9 Å². The van der Waals surface area contributed by atoms with E-state index in [1.54, 1.807) is 6.92 Å². The van der Waals surface area contributed by atoms with Crippen LogP contribution >= 0.6 is 0 Å². The van der Waals surface area contributed by atoms with E-state index in [2.05, 4.69) is 14.9 Å². The van der Waals surface area contributed by atoms with Crippen molar-refractivity contribution in [1.29, 1.82) is 0 Å². The molecule has 0 radical (unpaired) electrons. The standard InChI is InChI=1S/C20H20N4O5S/c1-12-5-4-6-13(2)20(12)23-30(26,27)15-7-8-17-16(9-15)24(19(25)11-28-17)10-18-21-14(3)29-22-18/h4-9,23H,10-11H2,1-3H3. The van der Waals surface area contributed by atoms with E-state index < -0.39 is 10.0 Å². The molecule has 4 rings (SSSR count). The molecule has 1 aliphatic heterocycles. The van der Waals surface area contributed by atoms with Crippen molar-refractivity contribution in [2.45, 2.75) is 32.2 Å². The Balaban J connectivity index is 1.70. The molecule has 0 saturated heterocycles. The van der Waals surface area contributed by atoms with Gasteiger partial charge in [0.15, 0.2) is 12.4 Å². The first-order valence-electron chi connectivity index (χ1n) is 9.20. The van der Waals surface area contributed by atoms with Crippen LogP contribution in [0.15, 0.2) is 45.8 Å². The molecule has 9 nitrogen and oxygen atoms in total. The summed E-state index contributed by atoms with van der Waals surface area (Å²) in [5.74, 6) is 0.763. The monoisotopic (exact) mass is 428 g/mol. The van der Waals surface area contributed by atoms with E-state index in [0.717, 1.165) is 11.1 Å². The molecular weight excluding hydrogens is 408 g/mol. The highest BCUT2D eigenvalue weighted by Crippen LogP contribution is 2.35. The van der Waals surface area contributed by atoms with Gasteiger partial charge in [0.2, 0.25) is 5.89 Å². The number of aromatic nitrogens is 2. The summed E-state index contributed by atoms with van der Waals surface area (Å²) in [6.07, 6.45) is 0. The molecule has 0 unspecified atom stereocenters. The first-order valence-corrected chi connectivity index (χ1v) is 10.7. The fourth-order valence-corrected chi connectivity index (χ4v) is 4.46. The number of nitrogens with zero attached hydrogens (tertiary/aromatic N) is 3. The number of carbonyl (C=O) groups is 1. The molecule has 1 amide bonds. The molecule has 0 atom stereocenters. The van der Waals surface area contributed by atoms with Crippen molar-refractivity contribution in [3.05, 3.63) is 59.2 Å².